The maximum absolute atomic E-state index is 11.9. The average molecular weight is 206 g/mol. The van der Waals surface area contributed by atoms with E-state index in [2.05, 4.69) is 26.8 Å². The van der Waals surface area contributed by atoms with Crippen molar-refractivity contribution in [3.05, 3.63) is 11.6 Å². The second-order valence-electron chi connectivity index (χ2n) is 5.73. The summed E-state index contributed by atoms with van der Waals surface area (Å²) in [5.41, 5.74) is 0.624. The van der Waals surface area contributed by atoms with Crippen LogP contribution in [0.15, 0.2) is 11.6 Å². The maximum atomic E-state index is 11.9. The van der Waals surface area contributed by atoms with E-state index in [0.29, 0.717) is 12.3 Å². The van der Waals surface area contributed by atoms with Crippen LogP contribution in [0.25, 0.3) is 0 Å². The average Bonchev–Trinajstić information content (AvgIpc) is 2.54. The summed E-state index contributed by atoms with van der Waals surface area (Å²) in [6, 6.07) is 0. The number of ketones is 1. The highest BCUT2D eigenvalue weighted by Crippen LogP contribution is 2.58. The molecule has 2 nitrogen and oxygen atoms in total. The second-order valence-corrected chi connectivity index (χ2v) is 5.73. The molecule has 2 aliphatic carbocycles. The number of hydrogen-bond acceptors (Lipinski definition) is 2. The molecule has 2 rings (SSSR count). The molecule has 0 radical (unpaired) electrons. The van der Waals surface area contributed by atoms with Crippen LogP contribution in [0.4, 0.5) is 0 Å². The predicted octanol–water partition coefficient (Wildman–Crippen LogP) is 2.38. The summed E-state index contributed by atoms with van der Waals surface area (Å²) in [5.74, 6) is 0.557. The van der Waals surface area contributed by atoms with Crippen molar-refractivity contribution in [3.63, 3.8) is 0 Å². The van der Waals surface area contributed by atoms with Gasteiger partial charge in [-0.25, -0.2) is 0 Å². The molecule has 0 spiro atoms. The van der Waals surface area contributed by atoms with Gasteiger partial charge in [0.05, 0.1) is 5.41 Å². The minimum atomic E-state index is -0.764. The first kappa shape index (κ1) is 10.6. The molecule has 0 aromatic carbocycles. The smallest absolute Gasteiger partial charge is 0.146 e. The van der Waals surface area contributed by atoms with Crippen LogP contribution in [0.3, 0.4) is 0 Å². The van der Waals surface area contributed by atoms with Gasteiger partial charge in [-0.2, -0.15) is 0 Å². The number of allylic oxidation sites excluding steroid dienone is 2. The Hall–Kier alpha value is -0.920. The molecule has 0 N–H and O–H groups in total. The van der Waals surface area contributed by atoms with Crippen molar-refractivity contribution in [1.29, 1.82) is 0 Å². The summed E-state index contributed by atoms with van der Waals surface area (Å²) >= 11 is 0. The topological polar surface area (TPSA) is 34.1 Å². The Bertz CT molecular complexity index is 365. The van der Waals surface area contributed by atoms with Crippen molar-refractivity contribution in [2.24, 2.45) is 22.7 Å². The Morgan fingerprint density at radius 1 is 1.40 bits per heavy atom. The molecule has 82 valence electrons. The van der Waals surface area contributed by atoms with Gasteiger partial charge in [-0.1, -0.05) is 25.5 Å². The fourth-order valence-electron chi connectivity index (χ4n) is 3.06. The maximum Gasteiger partial charge on any atom is 0.146 e. The predicted molar refractivity (Wildman–Crippen MR) is 58.3 cm³/mol. The molecular weight excluding hydrogens is 188 g/mol. The van der Waals surface area contributed by atoms with Crippen LogP contribution in [0, 0.1) is 22.7 Å². The van der Waals surface area contributed by atoms with Gasteiger partial charge in [0.2, 0.25) is 0 Å². The summed E-state index contributed by atoms with van der Waals surface area (Å²) in [7, 11) is 0. The molecule has 0 aliphatic heterocycles. The van der Waals surface area contributed by atoms with Gasteiger partial charge in [0.15, 0.2) is 0 Å². The highest BCUT2D eigenvalue weighted by atomic mass is 16.1. The van der Waals surface area contributed by atoms with Crippen molar-refractivity contribution < 1.29 is 9.59 Å². The number of fused-ring (bicyclic) bond motifs is 1. The van der Waals surface area contributed by atoms with Gasteiger partial charge in [0.1, 0.15) is 12.1 Å². The zero-order valence-corrected chi connectivity index (χ0v) is 9.83. The summed E-state index contributed by atoms with van der Waals surface area (Å²) in [4.78, 5) is 23.0. The van der Waals surface area contributed by atoms with Gasteiger partial charge in [-0.3, -0.25) is 4.79 Å². The van der Waals surface area contributed by atoms with Crippen LogP contribution in [0.2, 0.25) is 0 Å². The van der Waals surface area contributed by atoms with Crippen molar-refractivity contribution >= 4 is 12.1 Å². The van der Waals surface area contributed by atoms with Gasteiger partial charge >= 0.3 is 0 Å². The van der Waals surface area contributed by atoms with Crippen LogP contribution in [-0.2, 0) is 9.59 Å². The quantitative estimate of drug-likeness (QED) is 0.375. The Morgan fingerprint density at radius 2 is 2.00 bits per heavy atom. The lowest BCUT2D eigenvalue weighted by atomic mass is 9.73. The summed E-state index contributed by atoms with van der Waals surface area (Å²) in [6.07, 6.45) is 3.55. The summed E-state index contributed by atoms with van der Waals surface area (Å²) in [6.45, 7) is 8.24. The fourth-order valence-corrected chi connectivity index (χ4v) is 3.06. The SMILES string of the molecule is CC1=C[C@@H]2[C@@H](CC(=O)[C@]2(C)C=O)C1(C)C. The molecule has 1 saturated carbocycles. The monoisotopic (exact) mass is 206 g/mol. The lowest BCUT2D eigenvalue weighted by Crippen LogP contribution is -2.31. The summed E-state index contributed by atoms with van der Waals surface area (Å²) < 4.78 is 0. The number of rotatable bonds is 1. The minimum absolute atomic E-state index is 0.0705. The van der Waals surface area contributed by atoms with E-state index in [1.807, 2.05) is 0 Å². The van der Waals surface area contributed by atoms with Crippen molar-refractivity contribution in [2.75, 3.05) is 0 Å². The van der Waals surface area contributed by atoms with Gasteiger partial charge in [-0.15, -0.1) is 0 Å². The number of Topliss-reactive ketones (excluding diaryl/α,β-unsaturated/α-hetero) is 1. The van der Waals surface area contributed by atoms with Crippen LogP contribution >= 0.6 is 0 Å². The van der Waals surface area contributed by atoms with Crippen molar-refractivity contribution in [1.82, 2.24) is 0 Å². The van der Waals surface area contributed by atoms with Crippen LogP contribution in [0.1, 0.15) is 34.1 Å². The first-order chi connectivity index (χ1) is 6.84. The molecule has 0 aromatic rings. The molecule has 1 fully saturated rings. The van der Waals surface area contributed by atoms with Gasteiger partial charge in [0, 0.05) is 12.3 Å². The zero-order chi connectivity index (χ0) is 11.4. The highest BCUT2D eigenvalue weighted by Gasteiger charge is 2.58. The Kier molecular flexibility index (Phi) is 1.98. The third kappa shape index (κ3) is 1.11. The third-order valence-electron chi connectivity index (χ3n) is 4.75. The van der Waals surface area contributed by atoms with Crippen LogP contribution in [0.5, 0.6) is 0 Å². The van der Waals surface area contributed by atoms with Gasteiger partial charge in [-0.05, 0) is 25.2 Å². The van der Waals surface area contributed by atoms with Crippen LogP contribution in [-0.4, -0.2) is 12.1 Å². The normalized spacial score (nSPS) is 42.7. The molecule has 15 heavy (non-hydrogen) atoms. The molecule has 0 amide bonds. The molecule has 2 aliphatic rings. The van der Waals surface area contributed by atoms with Crippen molar-refractivity contribution in [3.8, 4) is 0 Å². The van der Waals surface area contributed by atoms with E-state index < -0.39 is 5.41 Å². The number of carbonyl (C=O) groups excluding carboxylic acids is 2. The number of hydrogen-bond donors (Lipinski definition) is 0. The molecule has 0 unspecified atom stereocenters. The molecule has 2 heteroatoms. The highest BCUT2D eigenvalue weighted by molar-refractivity contribution is 6.01. The molecular formula is C13H18O2. The van der Waals surface area contributed by atoms with E-state index >= 15 is 0 Å². The lowest BCUT2D eigenvalue weighted by Gasteiger charge is -2.29. The van der Waals surface area contributed by atoms with Gasteiger partial charge < -0.3 is 4.79 Å². The van der Waals surface area contributed by atoms with Gasteiger partial charge in [0.25, 0.3) is 0 Å². The van der Waals surface area contributed by atoms with E-state index in [9.17, 15) is 9.59 Å². The first-order valence-electron chi connectivity index (χ1n) is 5.52. The zero-order valence-electron chi connectivity index (χ0n) is 9.83. The minimum Gasteiger partial charge on any atom is -0.302 e. The molecule has 3 atom stereocenters. The van der Waals surface area contributed by atoms with E-state index in [4.69, 9.17) is 0 Å². The van der Waals surface area contributed by atoms with E-state index in [1.54, 1.807) is 6.92 Å². The molecule has 0 heterocycles. The summed E-state index contributed by atoms with van der Waals surface area (Å²) in [5, 5.41) is 0. The molecule has 0 saturated heterocycles. The van der Waals surface area contributed by atoms with E-state index in [0.717, 1.165) is 6.29 Å². The van der Waals surface area contributed by atoms with Crippen molar-refractivity contribution in [2.45, 2.75) is 34.1 Å². The van der Waals surface area contributed by atoms with E-state index in [-0.39, 0.29) is 17.1 Å². The Labute approximate surface area is 90.7 Å². The largest absolute Gasteiger partial charge is 0.302 e. The Balaban J connectivity index is 2.48. The Morgan fingerprint density at radius 3 is 2.53 bits per heavy atom. The number of carbonyl (C=O) groups is 2. The number of aldehydes is 1. The fraction of sp³-hybridized carbons (Fsp3) is 0.692. The standard InChI is InChI=1S/C13H18O2/c1-8-5-10-9(12(8,2)3)6-11(15)13(10,4)7-14/h5,7,9-10H,6H2,1-4H3/t9-,10-,13-/m1/s1. The van der Waals surface area contributed by atoms with Crippen LogP contribution < -0.4 is 0 Å². The molecule has 0 aromatic heterocycles. The first-order valence-corrected chi connectivity index (χ1v) is 5.52. The second kappa shape index (κ2) is 2.81. The van der Waals surface area contributed by atoms with E-state index in [1.165, 1.54) is 5.57 Å². The third-order valence-corrected chi connectivity index (χ3v) is 4.75. The molecule has 0 bridgehead atoms. The lowest BCUT2D eigenvalue weighted by molar-refractivity contribution is -0.132.